The van der Waals surface area contributed by atoms with E-state index in [9.17, 15) is 10.1 Å². The lowest BCUT2D eigenvalue weighted by Gasteiger charge is -2.35. The molecule has 1 aliphatic heterocycles. The lowest BCUT2D eigenvalue weighted by atomic mass is 10.1. The molecule has 1 aliphatic rings. The number of pyridine rings is 1. The number of halogens is 2. The monoisotopic (exact) mass is 360 g/mol. The minimum Gasteiger partial charge on any atom is -0.352 e. The Hall–Kier alpha value is -2.29. The average molecular weight is 361 g/mol. The second-order valence-corrected chi connectivity index (χ2v) is 6.21. The van der Waals surface area contributed by atoms with Gasteiger partial charge in [-0.1, -0.05) is 23.2 Å². The Morgan fingerprint density at radius 2 is 1.88 bits per heavy atom. The van der Waals surface area contributed by atoms with E-state index >= 15 is 0 Å². The topological polar surface area (TPSA) is 60.2 Å². The third-order valence-electron chi connectivity index (χ3n) is 3.94. The molecule has 0 N–H and O–H groups in total. The van der Waals surface area contributed by atoms with Gasteiger partial charge in [-0.3, -0.25) is 4.79 Å². The van der Waals surface area contributed by atoms with Crippen molar-refractivity contribution in [2.75, 3.05) is 31.1 Å². The Bertz CT molecular complexity index is 810. The largest absolute Gasteiger partial charge is 0.352 e. The van der Waals surface area contributed by atoms with Crippen molar-refractivity contribution in [2.24, 2.45) is 0 Å². The van der Waals surface area contributed by atoms with E-state index in [2.05, 4.69) is 11.1 Å². The standard InChI is InChI=1S/C17H14Cl2N4O/c18-14-4-3-12(10-15(14)19)17(24)23-8-6-22(7-9-23)16-13(11-20)2-1-5-21-16/h1-5,10H,6-9H2. The van der Waals surface area contributed by atoms with Crippen LogP contribution in [0.4, 0.5) is 5.82 Å². The quantitative estimate of drug-likeness (QED) is 0.824. The molecule has 24 heavy (non-hydrogen) atoms. The van der Waals surface area contributed by atoms with E-state index in [-0.39, 0.29) is 5.91 Å². The van der Waals surface area contributed by atoms with Gasteiger partial charge in [0.15, 0.2) is 0 Å². The number of piperazine rings is 1. The second-order valence-electron chi connectivity index (χ2n) is 5.39. The normalized spacial score (nSPS) is 14.4. The first-order chi connectivity index (χ1) is 11.6. The minimum absolute atomic E-state index is 0.0743. The number of hydrogen-bond acceptors (Lipinski definition) is 4. The van der Waals surface area contributed by atoms with Gasteiger partial charge in [0.2, 0.25) is 0 Å². The van der Waals surface area contributed by atoms with Crippen molar-refractivity contribution in [3.8, 4) is 6.07 Å². The molecule has 0 spiro atoms. The van der Waals surface area contributed by atoms with E-state index in [4.69, 9.17) is 23.2 Å². The molecule has 0 bridgehead atoms. The summed E-state index contributed by atoms with van der Waals surface area (Å²) >= 11 is 11.9. The molecule has 1 saturated heterocycles. The molecule has 1 fully saturated rings. The van der Waals surface area contributed by atoms with Crippen LogP contribution in [0.3, 0.4) is 0 Å². The fourth-order valence-corrected chi connectivity index (χ4v) is 2.97. The van der Waals surface area contributed by atoms with E-state index < -0.39 is 0 Å². The Morgan fingerprint density at radius 3 is 2.54 bits per heavy atom. The number of aromatic nitrogens is 1. The van der Waals surface area contributed by atoms with Gasteiger partial charge < -0.3 is 9.80 Å². The number of carbonyl (C=O) groups excluding carboxylic acids is 1. The number of nitriles is 1. The fraction of sp³-hybridized carbons (Fsp3) is 0.235. The van der Waals surface area contributed by atoms with Crippen molar-refractivity contribution in [3.63, 3.8) is 0 Å². The molecule has 5 nitrogen and oxygen atoms in total. The maximum atomic E-state index is 12.6. The van der Waals surface area contributed by atoms with Gasteiger partial charge in [-0.2, -0.15) is 5.26 Å². The highest BCUT2D eigenvalue weighted by Gasteiger charge is 2.24. The van der Waals surface area contributed by atoms with Crippen molar-refractivity contribution >= 4 is 34.9 Å². The summed E-state index contributed by atoms with van der Waals surface area (Å²) in [5, 5.41) is 9.98. The van der Waals surface area contributed by atoms with Crippen molar-refractivity contribution < 1.29 is 4.79 Å². The summed E-state index contributed by atoms with van der Waals surface area (Å²) in [4.78, 5) is 20.7. The number of rotatable bonds is 2. The Morgan fingerprint density at radius 1 is 1.12 bits per heavy atom. The van der Waals surface area contributed by atoms with Crippen LogP contribution in [-0.2, 0) is 0 Å². The number of anilines is 1. The van der Waals surface area contributed by atoms with Crippen LogP contribution in [-0.4, -0.2) is 42.0 Å². The van der Waals surface area contributed by atoms with Crippen LogP contribution in [0.25, 0.3) is 0 Å². The van der Waals surface area contributed by atoms with Crippen LogP contribution in [0.5, 0.6) is 0 Å². The predicted octanol–water partition coefficient (Wildman–Crippen LogP) is 3.22. The maximum Gasteiger partial charge on any atom is 0.254 e. The van der Waals surface area contributed by atoms with E-state index in [1.54, 1.807) is 41.4 Å². The number of nitrogens with zero attached hydrogens (tertiary/aromatic N) is 4. The van der Waals surface area contributed by atoms with Gasteiger partial charge in [0.05, 0.1) is 15.6 Å². The molecule has 1 aromatic heterocycles. The van der Waals surface area contributed by atoms with Crippen LogP contribution in [0, 0.1) is 11.3 Å². The molecule has 0 saturated carbocycles. The lowest BCUT2D eigenvalue weighted by molar-refractivity contribution is 0.0746. The summed E-state index contributed by atoms with van der Waals surface area (Å²) in [6, 6.07) is 10.5. The lowest BCUT2D eigenvalue weighted by Crippen LogP contribution is -2.49. The zero-order valence-electron chi connectivity index (χ0n) is 12.7. The second kappa shape index (κ2) is 7.08. The van der Waals surface area contributed by atoms with E-state index in [0.29, 0.717) is 53.2 Å². The van der Waals surface area contributed by atoms with Gasteiger partial charge >= 0.3 is 0 Å². The Labute approximate surface area is 150 Å². The SMILES string of the molecule is N#Cc1cccnc1N1CCN(C(=O)c2ccc(Cl)c(Cl)c2)CC1. The summed E-state index contributed by atoms with van der Waals surface area (Å²) in [7, 11) is 0. The van der Waals surface area contributed by atoms with E-state index in [0.717, 1.165) is 0 Å². The van der Waals surface area contributed by atoms with Gasteiger partial charge in [-0.25, -0.2) is 4.98 Å². The highest BCUT2D eigenvalue weighted by Crippen LogP contribution is 2.24. The van der Waals surface area contributed by atoms with Crippen LogP contribution < -0.4 is 4.90 Å². The third kappa shape index (κ3) is 3.30. The highest BCUT2D eigenvalue weighted by atomic mass is 35.5. The van der Waals surface area contributed by atoms with Crippen LogP contribution >= 0.6 is 23.2 Å². The zero-order valence-corrected chi connectivity index (χ0v) is 14.3. The van der Waals surface area contributed by atoms with Crippen molar-refractivity contribution in [1.82, 2.24) is 9.88 Å². The maximum absolute atomic E-state index is 12.6. The first-order valence-electron chi connectivity index (χ1n) is 7.44. The molecule has 2 heterocycles. The highest BCUT2D eigenvalue weighted by molar-refractivity contribution is 6.42. The molecule has 7 heteroatoms. The summed E-state index contributed by atoms with van der Waals surface area (Å²) in [6.45, 7) is 2.36. The third-order valence-corrected chi connectivity index (χ3v) is 4.68. The zero-order chi connectivity index (χ0) is 17.1. The molecule has 0 unspecified atom stereocenters. The molecular formula is C17H14Cl2N4O. The summed E-state index contributed by atoms with van der Waals surface area (Å²) < 4.78 is 0. The fourth-order valence-electron chi connectivity index (χ4n) is 2.67. The first kappa shape index (κ1) is 16.6. The van der Waals surface area contributed by atoms with Gasteiger partial charge in [0, 0.05) is 37.9 Å². The molecule has 122 valence electrons. The van der Waals surface area contributed by atoms with Gasteiger partial charge in [0.1, 0.15) is 11.9 Å². The van der Waals surface area contributed by atoms with Crippen molar-refractivity contribution in [3.05, 3.63) is 57.7 Å². The number of hydrogen-bond donors (Lipinski definition) is 0. The Balaban J connectivity index is 1.69. The average Bonchev–Trinajstić information content (AvgIpc) is 2.63. The molecule has 0 radical (unpaired) electrons. The number of amides is 1. The van der Waals surface area contributed by atoms with Crippen LogP contribution in [0.1, 0.15) is 15.9 Å². The minimum atomic E-state index is -0.0743. The smallest absolute Gasteiger partial charge is 0.254 e. The predicted molar refractivity (Wildman–Crippen MR) is 93.5 cm³/mol. The van der Waals surface area contributed by atoms with Gasteiger partial charge in [-0.15, -0.1) is 0 Å². The molecule has 2 aromatic rings. The molecule has 0 atom stereocenters. The number of carbonyl (C=O) groups is 1. The summed E-state index contributed by atoms with van der Waals surface area (Å²) in [6.07, 6.45) is 1.67. The van der Waals surface area contributed by atoms with Crippen LogP contribution in [0.15, 0.2) is 36.5 Å². The number of benzene rings is 1. The van der Waals surface area contributed by atoms with Crippen molar-refractivity contribution in [2.45, 2.75) is 0 Å². The van der Waals surface area contributed by atoms with Crippen LogP contribution in [0.2, 0.25) is 10.0 Å². The van der Waals surface area contributed by atoms with E-state index in [1.807, 2.05) is 4.90 Å². The molecule has 1 aromatic carbocycles. The molecule has 3 rings (SSSR count). The first-order valence-corrected chi connectivity index (χ1v) is 8.20. The molecule has 0 aliphatic carbocycles. The van der Waals surface area contributed by atoms with E-state index in [1.165, 1.54) is 0 Å². The summed E-state index contributed by atoms with van der Waals surface area (Å²) in [5.74, 6) is 0.594. The van der Waals surface area contributed by atoms with Crippen molar-refractivity contribution in [1.29, 1.82) is 5.26 Å². The van der Waals surface area contributed by atoms with Gasteiger partial charge in [-0.05, 0) is 30.3 Å². The summed E-state index contributed by atoms with van der Waals surface area (Å²) in [5.41, 5.74) is 1.06. The molecule has 1 amide bonds. The van der Waals surface area contributed by atoms with Gasteiger partial charge in [0.25, 0.3) is 5.91 Å². The Kier molecular flexibility index (Phi) is 4.89. The molecular weight excluding hydrogens is 347 g/mol.